The number of nitriles is 1. The second-order valence-electron chi connectivity index (χ2n) is 5.31. The maximum atomic E-state index is 13.5. The molecule has 3 rings (SSSR count). The molecule has 0 radical (unpaired) electrons. The van der Waals surface area contributed by atoms with Crippen LogP contribution in [0.2, 0.25) is 0 Å². The smallest absolute Gasteiger partial charge is 0.124 e. The molecule has 2 aromatic rings. The molecule has 0 fully saturated rings. The van der Waals surface area contributed by atoms with Crippen molar-refractivity contribution in [3.8, 4) is 6.07 Å². The average Bonchev–Trinajstić information content (AvgIpc) is 2.75. The summed E-state index contributed by atoms with van der Waals surface area (Å²) in [6.07, 6.45) is 4.46. The highest BCUT2D eigenvalue weighted by atomic mass is 19.1. The van der Waals surface area contributed by atoms with Gasteiger partial charge in [0.15, 0.2) is 0 Å². The Labute approximate surface area is 117 Å². The van der Waals surface area contributed by atoms with Crippen LogP contribution >= 0.6 is 0 Å². The Morgan fingerprint density at radius 3 is 2.90 bits per heavy atom. The molecule has 0 amide bonds. The fraction of sp³-hybridized carbons (Fsp3) is 0.375. The van der Waals surface area contributed by atoms with E-state index >= 15 is 0 Å². The van der Waals surface area contributed by atoms with Gasteiger partial charge in [-0.15, -0.1) is 0 Å². The van der Waals surface area contributed by atoms with Crippen LogP contribution in [0.5, 0.6) is 0 Å². The van der Waals surface area contributed by atoms with Gasteiger partial charge in [0.05, 0.1) is 17.3 Å². The van der Waals surface area contributed by atoms with Gasteiger partial charge >= 0.3 is 0 Å². The number of hydrogen-bond donors (Lipinski definition) is 0. The summed E-state index contributed by atoms with van der Waals surface area (Å²) in [7, 11) is 0. The molecule has 0 N–H and O–H groups in total. The van der Waals surface area contributed by atoms with Crippen LogP contribution in [-0.4, -0.2) is 9.55 Å². The van der Waals surface area contributed by atoms with Gasteiger partial charge in [-0.05, 0) is 56.4 Å². The summed E-state index contributed by atoms with van der Waals surface area (Å²) in [6.45, 7) is 2.57. The van der Waals surface area contributed by atoms with Crippen molar-refractivity contribution in [2.45, 2.75) is 39.2 Å². The number of aromatic nitrogens is 2. The van der Waals surface area contributed by atoms with E-state index in [-0.39, 0.29) is 5.82 Å². The summed E-state index contributed by atoms with van der Waals surface area (Å²) >= 11 is 0. The van der Waals surface area contributed by atoms with Gasteiger partial charge in [-0.3, -0.25) is 0 Å². The molecular formula is C16H16FN3. The van der Waals surface area contributed by atoms with Gasteiger partial charge in [-0.1, -0.05) is 0 Å². The highest BCUT2D eigenvalue weighted by molar-refractivity contribution is 5.34. The highest BCUT2D eigenvalue weighted by Crippen LogP contribution is 2.23. The minimum atomic E-state index is -0.356. The van der Waals surface area contributed by atoms with E-state index in [2.05, 4.69) is 9.55 Å². The Kier molecular flexibility index (Phi) is 3.27. The molecular weight excluding hydrogens is 253 g/mol. The van der Waals surface area contributed by atoms with Gasteiger partial charge in [0, 0.05) is 12.2 Å². The first-order valence-electron chi connectivity index (χ1n) is 6.92. The molecule has 0 aliphatic heterocycles. The van der Waals surface area contributed by atoms with Gasteiger partial charge in [0.2, 0.25) is 0 Å². The van der Waals surface area contributed by atoms with Crippen LogP contribution < -0.4 is 0 Å². The Morgan fingerprint density at radius 1 is 1.30 bits per heavy atom. The molecule has 0 saturated carbocycles. The molecule has 0 spiro atoms. The molecule has 102 valence electrons. The first-order valence-corrected chi connectivity index (χ1v) is 6.92. The lowest BCUT2D eigenvalue weighted by molar-refractivity contribution is 0.611. The third-order valence-corrected chi connectivity index (χ3v) is 3.85. The van der Waals surface area contributed by atoms with Crippen LogP contribution in [-0.2, 0) is 19.4 Å². The monoisotopic (exact) mass is 269 g/mol. The predicted molar refractivity (Wildman–Crippen MR) is 73.8 cm³/mol. The van der Waals surface area contributed by atoms with Crippen molar-refractivity contribution in [3.63, 3.8) is 0 Å². The standard InChI is InChI=1S/C16H16FN3/c1-11-19-15-4-2-3-5-16(15)20(11)10-13-6-12(9-18)7-14(17)8-13/h6-8H,2-5,10H2,1H3. The molecule has 1 aromatic heterocycles. The molecule has 0 saturated heterocycles. The minimum Gasteiger partial charge on any atom is -0.328 e. The third kappa shape index (κ3) is 2.32. The molecule has 1 aromatic carbocycles. The summed E-state index contributed by atoms with van der Waals surface area (Å²) in [4.78, 5) is 4.62. The van der Waals surface area contributed by atoms with Crippen molar-refractivity contribution in [3.05, 3.63) is 52.4 Å². The van der Waals surface area contributed by atoms with Gasteiger partial charge in [0.1, 0.15) is 11.6 Å². The molecule has 4 heteroatoms. The molecule has 1 aliphatic rings. The summed E-state index contributed by atoms with van der Waals surface area (Å²) in [6, 6.07) is 6.51. The maximum Gasteiger partial charge on any atom is 0.124 e. The predicted octanol–water partition coefficient (Wildman–Crippen LogP) is 3.13. The molecule has 1 heterocycles. The number of aryl methyl sites for hydroxylation is 2. The number of hydrogen-bond acceptors (Lipinski definition) is 2. The first-order chi connectivity index (χ1) is 9.67. The van der Waals surface area contributed by atoms with E-state index in [0.29, 0.717) is 12.1 Å². The van der Waals surface area contributed by atoms with Crippen LogP contribution in [0.15, 0.2) is 18.2 Å². The number of rotatable bonds is 2. The number of benzene rings is 1. The van der Waals surface area contributed by atoms with Crippen LogP contribution in [0, 0.1) is 24.1 Å². The lowest BCUT2D eigenvalue weighted by Gasteiger charge is -2.15. The Morgan fingerprint density at radius 2 is 2.10 bits per heavy atom. The molecule has 0 unspecified atom stereocenters. The van der Waals surface area contributed by atoms with Crippen molar-refractivity contribution in [2.75, 3.05) is 0 Å². The van der Waals surface area contributed by atoms with Crippen molar-refractivity contribution < 1.29 is 4.39 Å². The van der Waals surface area contributed by atoms with E-state index < -0.39 is 0 Å². The Hall–Kier alpha value is -2.15. The van der Waals surface area contributed by atoms with Gasteiger partial charge in [-0.2, -0.15) is 5.26 Å². The summed E-state index contributed by atoms with van der Waals surface area (Å²) in [5, 5.41) is 8.92. The lowest BCUT2D eigenvalue weighted by atomic mass is 10.0. The molecule has 0 atom stereocenters. The van der Waals surface area contributed by atoms with Crippen LogP contribution in [0.1, 0.15) is 41.2 Å². The van der Waals surface area contributed by atoms with Crippen LogP contribution in [0.25, 0.3) is 0 Å². The summed E-state index contributed by atoms with van der Waals surface area (Å²) in [5.74, 6) is 0.616. The normalized spacial score (nSPS) is 13.8. The van der Waals surface area contributed by atoms with E-state index in [1.807, 2.05) is 13.0 Å². The van der Waals surface area contributed by atoms with E-state index in [1.54, 1.807) is 6.07 Å². The number of fused-ring (bicyclic) bond motifs is 1. The van der Waals surface area contributed by atoms with Gasteiger partial charge in [-0.25, -0.2) is 9.37 Å². The number of halogens is 1. The Bertz CT molecular complexity index is 694. The molecule has 0 bridgehead atoms. The van der Waals surface area contributed by atoms with Crippen LogP contribution in [0.4, 0.5) is 4.39 Å². The van der Waals surface area contributed by atoms with Crippen molar-refractivity contribution in [1.29, 1.82) is 5.26 Å². The fourth-order valence-corrected chi connectivity index (χ4v) is 2.93. The first kappa shape index (κ1) is 12.9. The number of imidazole rings is 1. The topological polar surface area (TPSA) is 41.6 Å². The lowest BCUT2D eigenvalue weighted by Crippen LogP contribution is -2.10. The fourth-order valence-electron chi connectivity index (χ4n) is 2.93. The van der Waals surface area contributed by atoms with E-state index in [9.17, 15) is 4.39 Å². The van der Waals surface area contributed by atoms with Crippen LogP contribution in [0.3, 0.4) is 0 Å². The van der Waals surface area contributed by atoms with Gasteiger partial charge < -0.3 is 4.57 Å². The van der Waals surface area contributed by atoms with E-state index in [0.717, 1.165) is 24.2 Å². The highest BCUT2D eigenvalue weighted by Gasteiger charge is 2.18. The maximum absolute atomic E-state index is 13.5. The number of nitrogens with zero attached hydrogens (tertiary/aromatic N) is 3. The summed E-state index contributed by atoms with van der Waals surface area (Å²) < 4.78 is 15.7. The van der Waals surface area contributed by atoms with Gasteiger partial charge in [0.25, 0.3) is 0 Å². The third-order valence-electron chi connectivity index (χ3n) is 3.85. The van der Waals surface area contributed by atoms with Crippen molar-refractivity contribution >= 4 is 0 Å². The quantitative estimate of drug-likeness (QED) is 0.840. The van der Waals surface area contributed by atoms with Crippen molar-refractivity contribution in [2.24, 2.45) is 0 Å². The zero-order valence-electron chi connectivity index (χ0n) is 11.5. The zero-order chi connectivity index (χ0) is 14.1. The Balaban J connectivity index is 1.98. The molecule has 3 nitrogen and oxygen atoms in total. The largest absolute Gasteiger partial charge is 0.328 e. The second kappa shape index (κ2) is 5.09. The minimum absolute atomic E-state index is 0.356. The zero-order valence-corrected chi connectivity index (χ0v) is 11.5. The van der Waals surface area contributed by atoms with E-state index in [4.69, 9.17) is 5.26 Å². The molecule has 1 aliphatic carbocycles. The second-order valence-corrected chi connectivity index (χ2v) is 5.31. The van der Waals surface area contributed by atoms with Crippen molar-refractivity contribution in [1.82, 2.24) is 9.55 Å². The SMILES string of the molecule is Cc1nc2c(n1Cc1cc(F)cc(C#N)c1)CCCC2. The average molecular weight is 269 g/mol. The summed E-state index contributed by atoms with van der Waals surface area (Å²) in [5.41, 5.74) is 3.64. The molecule has 20 heavy (non-hydrogen) atoms. The van der Waals surface area contributed by atoms with E-state index in [1.165, 1.54) is 36.4 Å².